The van der Waals surface area contributed by atoms with Gasteiger partial charge in [-0.25, -0.2) is 4.57 Å². The smallest absolute Gasteiger partial charge is 0.334 e. The number of rotatable bonds is 5. The van der Waals surface area contributed by atoms with Crippen molar-refractivity contribution in [2.75, 3.05) is 0 Å². The molecule has 3 heterocycles. The average Bonchev–Trinajstić information content (AvgIpc) is 2.77. The Morgan fingerprint density at radius 2 is 1.48 bits per heavy atom. The van der Waals surface area contributed by atoms with E-state index in [4.69, 9.17) is 11.6 Å². The van der Waals surface area contributed by atoms with Gasteiger partial charge in [-0.3, -0.25) is 10.1 Å². The minimum Gasteiger partial charge on any atom is -0.392 e. The van der Waals surface area contributed by atoms with Crippen LogP contribution in [-0.2, 0) is 0 Å². The lowest BCUT2D eigenvalue weighted by molar-refractivity contribution is -0.606. The highest BCUT2D eigenvalue weighted by Crippen LogP contribution is 2.37. The van der Waals surface area contributed by atoms with Crippen molar-refractivity contribution in [1.82, 2.24) is 4.98 Å². The van der Waals surface area contributed by atoms with Crippen LogP contribution >= 0.6 is 11.6 Å². The van der Waals surface area contributed by atoms with Crippen LogP contribution in [0.4, 0.5) is 17.2 Å². The molecule has 0 N–H and O–H groups in total. The van der Waals surface area contributed by atoms with Crippen molar-refractivity contribution in [1.29, 1.82) is 0 Å². The number of aromatic nitrogens is 3. The molecule has 0 aliphatic heterocycles. The lowest BCUT2D eigenvalue weighted by Crippen LogP contribution is -2.34. The first kappa shape index (κ1) is 18.5. The van der Waals surface area contributed by atoms with E-state index in [-0.39, 0.29) is 5.69 Å². The molecule has 8 heteroatoms. The van der Waals surface area contributed by atoms with Crippen molar-refractivity contribution in [3.8, 4) is 11.5 Å². The molecule has 0 spiro atoms. The highest BCUT2D eigenvalue weighted by Gasteiger charge is 2.23. The fraction of sp³-hybridized carbons (Fsp3) is 0. The summed E-state index contributed by atoms with van der Waals surface area (Å²) in [5.74, 6) is 0.961. The standard InChI is InChI=1S/C21H15ClN5O2/c22-20-18(25-11-3-1-4-12-25)15-19(26-13-5-2-6-14-26)24-21(20)23-16-7-9-17(10-8-16)27(28)29/h1-15H/q+1. The number of non-ortho nitro benzene ring substituents is 1. The molecule has 29 heavy (non-hydrogen) atoms. The second-order valence-corrected chi connectivity index (χ2v) is 6.47. The van der Waals surface area contributed by atoms with Gasteiger partial charge in [-0.05, 0) is 22.8 Å². The van der Waals surface area contributed by atoms with E-state index in [0.29, 0.717) is 28.0 Å². The van der Waals surface area contributed by atoms with Crippen molar-refractivity contribution in [3.63, 3.8) is 0 Å². The third kappa shape index (κ3) is 4.04. The molecular weight excluding hydrogens is 390 g/mol. The fourth-order valence-corrected chi connectivity index (χ4v) is 3.00. The SMILES string of the molecule is O=[N+]([O-])c1ccc([N-]c2nc(-[n+]3ccccc3)cc(-[n+]3ccccc3)c2Cl)cc1. The number of halogens is 1. The summed E-state index contributed by atoms with van der Waals surface area (Å²) >= 11 is 6.64. The summed E-state index contributed by atoms with van der Waals surface area (Å²) in [7, 11) is 0. The van der Waals surface area contributed by atoms with Crippen molar-refractivity contribution in [2.24, 2.45) is 0 Å². The van der Waals surface area contributed by atoms with Gasteiger partial charge in [0.25, 0.3) is 5.69 Å². The molecule has 0 aliphatic rings. The average molecular weight is 405 g/mol. The number of nitrogens with zero attached hydrogens (tertiary/aromatic N) is 5. The van der Waals surface area contributed by atoms with Gasteiger partial charge < -0.3 is 5.32 Å². The topological polar surface area (TPSA) is 77.9 Å². The van der Waals surface area contributed by atoms with Gasteiger partial charge in [-0.15, -0.1) is 0 Å². The van der Waals surface area contributed by atoms with Crippen LogP contribution in [0.3, 0.4) is 0 Å². The molecule has 0 saturated carbocycles. The van der Waals surface area contributed by atoms with Crippen LogP contribution in [0.15, 0.2) is 91.5 Å². The Morgan fingerprint density at radius 3 is 2.07 bits per heavy atom. The van der Waals surface area contributed by atoms with E-state index in [0.717, 1.165) is 0 Å². The van der Waals surface area contributed by atoms with E-state index in [1.165, 1.54) is 12.1 Å². The molecule has 0 fully saturated rings. The fourth-order valence-electron chi connectivity index (χ4n) is 2.77. The van der Waals surface area contributed by atoms with Crippen LogP contribution in [0.1, 0.15) is 0 Å². The van der Waals surface area contributed by atoms with Gasteiger partial charge >= 0.3 is 5.82 Å². The lowest BCUT2D eigenvalue weighted by atomic mass is 10.2. The summed E-state index contributed by atoms with van der Waals surface area (Å²) in [5.41, 5.74) is 1.23. The molecule has 142 valence electrons. The Morgan fingerprint density at radius 1 is 0.897 bits per heavy atom. The lowest BCUT2D eigenvalue weighted by Gasteiger charge is -2.10. The summed E-state index contributed by atoms with van der Waals surface area (Å²) in [5, 5.41) is 15.8. The van der Waals surface area contributed by atoms with Crippen LogP contribution in [0, 0.1) is 10.1 Å². The van der Waals surface area contributed by atoms with Crippen LogP contribution in [0.5, 0.6) is 0 Å². The van der Waals surface area contributed by atoms with Gasteiger partial charge in [0.2, 0.25) is 5.69 Å². The van der Waals surface area contributed by atoms with Gasteiger partial charge in [0.05, 0.1) is 17.3 Å². The maximum atomic E-state index is 10.9. The van der Waals surface area contributed by atoms with Crippen molar-refractivity contribution >= 4 is 28.8 Å². The zero-order chi connectivity index (χ0) is 20.2. The minimum atomic E-state index is -0.453. The number of hydrogen-bond acceptors (Lipinski definition) is 3. The summed E-state index contributed by atoms with van der Waals surface area (Å²) in [6, 6.07) is 19.2. The van der Waals surface area contributed by atoms with Gasteiger partial charge in [0.15, 0.2) is 23.2 Å². The normalized spacial score (nSPS) is 10.5. The number of benzene rings is 1. The van der Waals surface area contributed by atoms with Gasteiger partial charge in [-0.2, -0.15) is 4.57 Å². The Hall–Kier alpha value is -3.84. The van der Waals surface area contributed by atoms with Gasteiger partial charge in [0.1, 0.15) is 6.07 Å². The number of nitro groups is 1. The number of pyridine rings is 3. The number of nitro benzene ring substituents is 1. The van der Waals surface area contributed by atoms with Crippen LogP contribution in [0.25, 0.3) is 16.8 Å². The predicted octanol–water partition coefficient (Wildman–Crippen LogP) is 4.53. The van der Waals surface area contributed by atoms with E-state index in [1.807, 2.05) is 76.4 Å². The van der Waals surface area contributed by atoms with Crippen molar-refractivity contribution in [2.45, 2.75) is 0 Å². The van der Waals surface area contributed by atoms with E-state index < -0.39 is 4.92 Å². The van der Waals surface area contributed by atoms with E-state index in [9.17, 15) is 10.1 Å². The molecule has 3 aromatic heterocycles. The Labute approximate surface area is 171 Å². The van der Waals surface area contributed by atoms with Crippen LogP contribution < -0.4 is 9.13 Å². The molecule has 4 aromatic rings. The van der Waals surface area contributed by atoms with Crippen molar-refractivity contribution < 1.29 is 14.1 Å². The molecule has 0 aliphatic carbocycles. The number of hydrogen-bond donors (Lipinski definition) is 0. The maximum Gasteiger partial charge on any atom is 0.334 e. The Bertz CT molecular complexity index is 1150. The molecule has 1 aromatic carbocycles. The van der Waals surface area contributed by atoms with E-state index in [1.54, 1.807) is 12.1 Å². The molecular formula is C21H15ClN5O2+. The zero-order valence-corrected chi connectivity index (χ0v) is 15.8. The third-order valence-electron chi connectivity index (χ3n) is 4.18. The second-order valence-electron chi connectivity index (χ2n) is 6.09. The molecule has 4 rings (SSSR count). The predicted molar refractivity (Wildman–Crippen MR) is 108 cm³/mol. The first-order valence-corrected chi connectivity index (χ1v) is 9.10. The summed E-state index contributed by atoms with van der Waals surface area (Å²) < 4.78 is 3.74. The molecule has 0 saturated heterocycles. The monoisotopic (exact) mass is 404 g/mol. The first-order chi connectivity index (χ1) is 14.1. The summed E-state index contributed by atoms with van der Waals surface area (Å²) in [6.07, 6.45) is 7.53. The first-order valence-electron chi connectivity index (χ1n) is 8.72. The highest BCUT2D eigenvalue weighted by molar-refractivity contribution is 6.34. The van der Waals surface area contributed by atoms with Gasteiger partial charge in [-0.1, -0.05) is 35.9 Å². The third-order valence-corrected chi connectivity index (χ3v) is 4.54. The maximum absolute atomic E-state index is 10.9. The minimum absolute atomic E-state index is 0.00266. The van der Waals surface area contributed by atoms with Crippen LogP contribution in [0.2, 0.25) is 5.02 Å². The zero-order valence-electron chi connectivity index (χ0n) is 15.1. The molecule has 0 amide bonds. The highest BCUT2D eigenvalue weighted by atomic mass is 35.5. The second kappa shape index (κ2) is 8.04. The van der Waals surface area contributed by atoms with E-state index in [2.05, 4.69) is 10.3 Å². The molecule has 0 atom stereocenters. The summed E-state index contributed by atoms with van der Waals surface area (Å²) in [4.78, 5) is 15.0. The summed E-state index contributed by atoms with van der Waals surface area (Å²) in [6.45, 7) is 0. The molecule has 0 radical (unpaired) electrons. The Balaban J connectivity index is 1.80. The van der Waals surface area contributed by atoms with Gasteiger partial charge in [0, 0.05) is 24.3 Å². The quantitative estimate of drug-likeness (QED) is 0.278. The molecule has 7 nitrogen and oxygen atoms in total. The molecule has 0 unspecified atom stereocenters. The van der Waals surface area contributed by atoms with E-state index >= 15 is 0 Å². The largest absolute Gasteiger partial charge is 0.392 e. The molecule has 0 bridgehead atoms. The van der Waals surface area contributed by atoms with Crippen LogP contribution in [-0.4, -0.2) is 9.91 Å². The Kier molecular flexibility index (Phi) is 5.13. The van der Waals surface area contributed by atoms with Crippen molar-refractivity contribution in [3.05, 3.63) is 112 Å².